The van der Waals surface area contributed by atoms with Gasteiger partial charge in [-0.2, -0.15) is 0 Å². The number of carboxylic acids is 1. The van der Waals surface area contributed by atoms with Crippen LogP contribution in [0.1, 0.15) is 76.8 Å². The van der Waals surface area contributed by atoms with E-state index in [1.165, 1.54) is 51.0 Å². The van der Waals surface area contributed by atoms with Crippen molar-refractivity contribution in [1.82, 2.24) is 14.9 Å². The predicted molar refractivity (Wildman–Crippen MR) is 102 cm³/mol. The van der Waals surface area contributed by atoms with Gasteiger partial charge in [0.05, 0.1) is 5.69 Å². The summed E-state index contributed by atoms with van der Waals surface area (Å²) >= 11 is 0. The zero-order valence-corrected chi connectivity index (χ0v) is 16.2. The fourth-order valence-electron chi connectivity index (χ4n) is 2.74. The van der Waals surface area contributed by atoms with Gasteiger partial charge in [0.2, 0.25) is 5.91 Å². The predicted octanol–water partition coefficient (Wildman–Crippen LogP) is 2.84. The van der Waals surface area contributed by atoms with Gasteiger partial charge in [0.15, 0.2) is 0 Å². The van der Waals surface area contributed by atoms with Crippen LogP contribution in [0.25, 0.3) is 0 Å². The number of nitrogens with zero attached hydrogens (tertiary/aromatic N) is 2. The number of carbonyl (C=O) groups excluding carboxylic acids is 2. The molecule has 0 aliphatic heterocycles. The molecule has 27 heavy (non-hydrogen) atoms. The summed E-state index contributed by atoms with van der Waals surface area (Å²) in [7, 11) is 0. The molecule has 0 aromatic carbocycles. The van der Waals surface area contributed by atoms with Crippen molar-refractivity contribution in [2.75, 3.05) is 0 Å². The molecular weight excluding hydrogens is 348 g/mol. The van der Waals surface area contributed by atoms with Gasteiger partial charge >= 0.3 is 12.0 Å². The van der Waals surface area contributed by atoms with Crippen LogP contribution in [0.3, 0.4) is 0 Å². The van der Waals surface area contributed by atoms with Crippen molar-refractivity contribution in [2.45, 2.75) is 83.6 Å². The molecule has 0 saturated carbocycles. The Morgan fingerprint density at radius 2 is 1.70 bits per heavy atom. The van der Waals surface area contributed by atoms with Crippen molar-refractivity contribution >= 4 is 17.9 Å². The second-order valence-corrected chi connectivity index (χ2v) is 6.85. The molecule has 0 saturated heterocycles. The number of imidazole rings is 1. The summed E-state index contributed by atoms with van der Waals surface area (Å²) in [6.45, 7) is 2.20. The van der Waals surface area contributed by atoms with Gasteiger partial charge in [-0.1, -0.05) is 58.3 Å². The number of hydrogen-bond acceptors (Lipinski definition) is 5. The summed E-state index contributed by atoms with van der Waals surface area (Å²) in [6, 6.07) is -1.68. The number of amides is 2. The minimum Gasteiger partial charge on any atom is -0.480 e. The number of unbranched alkanes of at least 4 members (excludes halogenated alkanes) is 8. The van der Waals surface area contributed by atoms with Crippen LogP contribution in [-0.4, -0.2) is 38.6 Å². The Kier molecular flexibility index (Phi) is 11.0. The molecule has 0 fully saturated rings. The molecule has 0 radical (unpaired) electrons. The highest BCUT2D eigenvalue weighted by Crippen LogP contribution is 2.10. The SMILES string of the molecule is CCCCCCCCCCCC(=O)NC(=O)n1cnc(C[C@H](N)C(=O)O)c1. The molecule has 0 unspecified atom stereocenters. The van der Waals surface area contributed by atoms with E-state index in [9.17, 15) is 14.4 Å². The third-order valence-electron chi connectivity index (χ3n) is 4.37. The minimum absolute atomic E-state index is 0.0159. The van der Waals surface area contributed by atoms with Crippen LogP contribution in [0, 0.1) is 0 Å². The van der Waals surface area contributed by atoms with Gasteiger partial charge in [0, 0.05) is 19.0 Å². The number of carboxylic acid groups (broad SMARTS) is 1. The van der Waals surface area contributed by atoms with Crippen LogP contribution in [0.4, 0.5) is 4.79 Å². The molecule has 0 spiro atoms. The van der Waals surface area contributed by atoms with Gasteiger partial charge in [-0.3, -0.25) is 19.5 Å². The Morgan fingerprint density at radius 3 is 2.30 bits per heavy atom. The summed E-state index contributed by atoms with van der Waals surface area (Å²) in [4.78, 5) is 38.5. The molecule has 1 aromatic heterocycles. The molecule has 0 bridgehead atoms. The molecule has 0 aliphatic carbocycles. The molecular formula is C19H32N4O4. The van der Waals surface area contributed by atoms with Crippen molar-refractivity contribution in [2.24, 2.45) is 5.73 Å². The van der Waals surface area contributed by atoms with Crippen LogP contribution >= 0.6 is 0 Å². The van der Waals surface area contributed by atoms with Gasteiger partial charge in [0.25, 0.3) is 0 Å². The molecule has 1 heterocycles. The van der Waals surface area contributed by atoms with Gasteiger partial charge in [-0.15, -0.1) is 0 Å². The largest absolute Gasteiger partial charge is 0.480 e. The summed E-state index contributed by atoms with van der Waals surface area (Å²) < 4.78 is 1.12. The number of nitrogens with two attached hydrogens (primary N) is 1. The third-order valence-corrected chi connectivity index (χ3v) is 4.37. The monoisotopic (exact) mass is 380 g/mol. The average Bonchev–Trinajstić information content (AvgIpc) is 3.08. The summed E-state index contributed by atoms with van der Waals surface area (Å²) in [5.74, 6) is -1.45. The van der Waals surface area contributed by atoms with Gasteiger partial charge < -0.3 is 10.8 Å². The van der Waals surface area contributed by atoms with Crippen molar-refractivity contribution in [1.29, 1.82) is 0 Å². The minimum atomic E-state index is -1.13. The quantitative estimate of drug-likeness (QED) is 0.452. The lowest BCUT2D eigenvalue weighted by Crippen LogP contribution is -2.33. The topological polar surface area (TPSA) is 127 Å². The lowest BCUT2D eigenvalue weighted by atomic mass is 10.1. The highest BCUT2D eigenvalue weighted by Gasteiger charge is 2.16. The van der Waals surface area contributed by atoms with E-state index in [4.69, 9.17) is 10.8 Å². The Balaban J connectivity index is 2.18. The normalized spacial score (nSPS) is 11.9. The van der Waals surface area contributed by atoms with Crippen molar-refractivity contribution in [3.63, 3.8) is 0 Å². The van der Waals surface area contributed by atoms with Crippen LogP contribution in [0.2, 0.25) is 0 Å². The van der Waals surface area contributed by atoms with Crippen molar-refractivity contribution in [3.05, 3.63) is 18.2 Å². The number of aromatic nitrogens is 2. The van der Waals surface area contributed by atoms with Gasteiger partial charge in [-0.05, 0) is 6.42 Å². The van der Waals surface area contributed by atoms with E-state index in [1.54, 1.807) is 0 Å². The van der Waals surface area contributed by atoms with Crippen molar-refractivity contribution in [3.8, 4) is 0 Å². The number of rotatable bonds is 13. The lowest BCUT2D eigenvalue weighted by Gasteiger charge is -2.05. The Labute approximate surface area is 160 Å². The average molecular weight is 380 g/mol. The number of carbonyl (C=O) groups is 3. The van der Waals surface area contributed by atoms with E-state index in [0.717, 1.165) is 23.8 Å². The third kappa shape index (κ3) is 9.89. The zero-order valence-electron chi connectivity index (χ0n) is 16.2. The van der Waals surface area contributed by atoms with E-state index >= 15 is 0 Å². The molecule has 1 aromatic rings. The van der Waals surface area contributed by atoms with Crippen LogP contribution < -0.4 is 11.1 Å². The first kappa shape index (κ1) is 22.8. The Morgan fingerprint density at radius 1 is 1.11 bits per heavy atom. The maximum Gasteiger partial charge on any atom is 0.333 e. The van der Waals surface area contributed by atoms with E-state index in [2.05, 4.69) is 17.2 Å². The first-order chi connectivity index (χ1) is 12.9. The first-order valence-electron chi connectivity index (χ1n) is 9.79. The summed E-state index contributed by atoms with van der Waals surface area (Å²) in [5.41, 5.74) is 5.81. The second kappa shape index (κ2) is 13.0. The molecule has 2 amide bonds. The maximum absolute atomic E-state index is 12.0. The number of hydrogen-bond donors (Lipinski definition) is 3. The van der Waals surface area contributed by atoms with Gasteiger partial charge in [-0.25, -0.2) is 9.78 Å². The summed E-state index contributed by atoms with van der Waals surface area (Å²) in [5, 5.41) is 11.1. The summed E-state index contributed by atoms with van der Waals surface area (Å²) in [6.07, 6.45) is 13.4. The standard InChI is InChI=1S/C19H32N4O4/c1-2-3-4-5-6-7-8-9-10-11-17(24)22-19(27)23-13-15(21-14-23)12-16(20)18(25)26/h13-14,16H,2-12,20H2,1H3,(H,25,26)(H,22,24,27)/t16-/m0/s1. The fraction of sp³-hybridized carbons (Fsp3) is 0.684. The number of nitrogens with one attached hydrogen (secondary N) is 1. The molecule has 1 atom stereocenters. The molecule has 0 aliphatic rings. The number of imide groups is 1. The van der Waals surface area contributed by atoms with Crippen LogP contribution in [-0.2, 0) is 16.0 Å². The van der Waals surface area contributed by atoms with Gasteiger partial charge in [0.1, 0.15) is 12.4 Å². The van der Waals surface area contributed by atoms with E-state index in [-0.39, 0.29) is 12.3 Å². The fourth-order valence-corrected chi connectivity index (χ4v) is 2.74. The van der Waals surface area contributed by atoms with Crippen molar-refractivity contribution < 1.29 is 19.5 Å². The lowest BCUT2D eigenvalue weighted by molar-refractivity contribution is -0.138. The Bertz CT molecular complexity index is 600. The zero-order chi connectivity index (χ0) is 20.1. The van der Waals surface area contributed by atoms with Crippen LogP contribution in [0.15, 0.2) is 12.5 Å². The molecule has 4 N–H and O–H groups in total. The maximum atomic E-state index is 12.0. The van der Waals surface area contributed by atoms with E-state index in [1.807, 2.05) is 0 Å². The van der Waals surface area contributed by atoms with Crippen LogP contribution in [0.5, 0.6) is 0 Å². The molecule has 8 nitrogen and oxygen atoms in total. The van der Waals surface area contributed by atoms with E-state index in [0.29, 0.717) is 12.1 Å². The smallest absolute Gasteiger partial charge is 0.333 e. The Hall–Kier alpha value is -2.22. The highest BCUT2D eigenvalue weighted by molar-refractivity contribution is 5.95. The molecule has 152 valence electrons. The molecule has 8 heteroatoms. The first-order valence-corrected chi connectivity index (χ1v) is 9.79. The highest BCUT2D eigenvalue weighted by atomic mass is 16.4. The molecule has 1 rings (SSSR count). The number of aliphatic carboxylic acids is 1. The van der Waals surface area contributed by atoms with E-state index < -0.39 is 18.0 Å². The second-order valence-electron chi connectivity index (χ2n) is 6.85.